The molecule has 1 aliphatic heterocycles. The summed E-state index contributed by atoms with van der Waals surface area (Å²) in [6, 6.07) is 8.14. The van der Waals surface area contributed by atoms with Crippen molar-refractivity contribution in [2.75, 3.05) is 26.6 Å². The lowest BCUT2D eigenvalue weighted by Gasteiger charge is -2.16. The van der Waals surface area contributed by atoms with Gasteiger partial charge in [0.2, 0.25) is 0 Å². The van der Waals surface area contributed by atoms with Crippen LogP contribution >= 0.6 is 11.6 Å². The van der Waals surface area contributed by atoms with Crippen molar-refractivity contribution in [1.29, 1.82) is 0 Å². The first-order valence-electron chi connectivity index (χ1n) is 8.07. The van der Waals surface area contributed by atoms with Crippen molar-refractivity contribution in [3.05, 3.63) is 46.5 Å². The van der Waals surface area contributed by atoms with Crippen LogP contribution in [0.1, 0.15) is 15.9 Å². The lowest BCUT2D eigenvalue weighted by molar-refractivity contribution is -0.122. The number of ether oxygens (including phenoxy) is 4. The lowest BCUT2D eigenvalue weighted by Crippen LogP contribution is -2.32. The molecular weight excluding hydrogens is 374 g/mol. The van der Waals surface area contributed by atoms with Crippen LogP contribution in [0.2, 0.25) is 5.02 Å². The number of anilines is 1. The van der Waals surface area contributed by atoms with Gasteiger partial charge >= 0.3 is 5.97 Å². The van der Waals surface area contributed by atoms with Gasteiger partial charge in [-0.2, -0.15) is 0 Å². The molecule has 0 radical (unpaired) electrons. The van der Waals surface area contributed by atoms with Gasteiger partial charge in [0.05, 0.1) is 32.6 Å². The van der Waals surface area contributed by atoms with E-state index >= 15 is 0 Å². The molecule has 2 aromatic rings. The van der Waals surface area contributed by atoms with Gasteiger partial charge in [0.1, 0.15) is 5.75 Å². The Hall–Kier alpha value is -2.93. The molecule has 0 saturated heterocycles. The topological polar surface area (TPSA) is 83.1 Å². The molecule has 0 saturated carbocycles. The molecule has 0 bridgehead atoms. The molecule has 1 N–H and O–H groups in total. The zero-order valence-corrected chi connectivity index (χ0v) is 15.8. The number of rotatable bonds is 5. The second-order valence-electron chi connectivity index (χ2n) is 5.80. The zero-order chi connectivity index (χ0) is 19.6. The minimum atomic E-state index is -0.739. The average Bonchev–Trinajstić information content (AvgIpc) is 3.10. The van der Waals surface area contributed by atoms with Crippen LogP contribution in [0.5, 0.6) is 17.2 Å². The number of hydrogen-bond acceptors (Lipinski definition) is 6. The molecule has 3 rings (SSSR count). The third-order valence-corrected chi connectivity index (χ3v) is 4.41. The highest BCUT2D eigenvalue weighted by molar-refractivity contribution is 6.30. The number of halogens is 1. The number of methoxy groups -OCH3 is 3. The van der Waals surface area contributed by atoms with Gasteiger partial charge in [-0.25, -0.2) is 4.79 Å². The molecule has 1 atom stereocenters. The fourth-order valence-corrected chi connectivity index (χ4v) is 3.03. The van der Waals surface area contributed by atoms with Crippen LogP contribution in [-0.2, 0) is 16.0 Å². The summed E-state index contributed by atoms with van der Waals surface area (Å²) in [5.41, 5.74) is 1.23. The summed E-state index contributed by atoms with van der Waals surface area (Å²) in [5.74, 6) is 0.298. The van der Waals surface area contributed by atoms with E-state index in [9.17, 15) is 9.59 Å². The Labute approximate surface area is 161 Å². The maximum absolute atomic E-state index is 12.7. The smallest absolute Gasteiger partial charge is 0.340 e. The summed E-state index contributed by atoms with van der Waals surface area (Å²) in [6.45, 7) is 0. The number of carbonyl (C=O) groups is 2. The molecule has 27 heavy (non-hydrogen) atoms. The van der Waals surface area contributed by atoms with Crippen LogP contribution in [0.3, 0.4) is 0 Å². The predicted molar refractivity (Wildman–Crippen MR) is 99.1 cm³/mol. The highest BCUT2D eigenvalue weighted by Gasteiger charge is 2.30. The SMILES string of the molecule is COC(=O)c1cc(OC)c(OC)cc1NC(=O)[C@H]1Cc2cc(Cl)ccc2O1. The van der Waals surface area contributed by atoms with Gasteiger partial charge in [-0.1, -0.05) is 11.6 Å². The number of esters is 1. The molecule has 0 unspecified atom stereocenters. The van der Waals surface area contributed by atoms with Crippen LogP contribution < -0.4 is 19.5 Å². The minimum absolute atomic E-state index is 0.141. The summed E-state index contributed by atoms with van der Waals surface area (Å²) in [5, 5.41) is 3.29. The first-order valence-corrected chi connectivity index (χ1v) is 8.45. The second-order valence-corrected chi connectivity index (χ2v) is 6.23. The Balaban J connectivity index is 1.86. The van der Waals surface area contributed by atoms with Crippen molar-refractivity contribution in [3.63, 3.8) is 0 Å². The molecule has 8 heteroatoms. The largest absolute Gasteiger partial charge is 0.493 e. The van der Waals surface area contributed by atoms with Crippen molar-refractivity contribution in [1.82, 2.24) is 0 Å². The van der Waals surface area contributed by atoms with E-state index in [1.807, 2.05) is 0 Å². The normalized spacial score (nSPS) is 14.7. The number of hydrogen-bond donors (Lipinski definition) is 1. The van der Waals surface area contributed by atoms with E-state index in [0.29, 0.717) is 28.7 Å². The van der Waals surface area contributed by atoms with Gasteiger partial charge in [0.15, 0.2) is 17.6 Å². The van der Waals surface area contributed by atoms with E-state index in [1.54, 1.807) is 18.2 Å². The van der Waals surface area contributed by atoms with E-state index in [1.165, 1.54) is 33.5 Å². The Morgan fingerprint density at radius 1 is 1.11 bits per heavy atom. The molecule has 2 aromatic carbocycles. The van der Waals surface area contributed by atoms with E-state index in [-0.39, 0.29) is 11.3 Å². The predicted octanol–water partition coefficient (Wildman–Crippen LogP) is 3.09. The Kier molecular flexibility index (Phi) is 5.41. The van der Waals surface area contributed by atoms with Crippen LogP contribution in [0.4, 0.5) is 5.69 Å². The monoisotopic (exact) mass is 391 g/mol. The first-order chi connectivity index (χ1) is 13.0. The molecule has 1 amide bonds. The summed E-state index contributed by atoms with van der Waals surface area (Å²) in [7, 11) is 4.17. The molecule has 0 fully saturated rings. The number of nitrogens with one attached hydrogen (secondary N) is 1. The van der Waals surface area contributed by atoms with E-state index in [4.69, 9.17) is 30.5 Å². The highest BCUT2D eigenvalue weighted by atomic mass is 35.5. The third-order valence-electron chi connectivity index (χ3n) is 4.18. The van der Waals surface area contributed by atoms with Gasteiger partial charge in [-0.3, -0.25) is 4.79 Å². The quantitative estimate of drug-likeness (QED) is 0.788. The highest BCUT2D eigenvalue weighted by Crippen LogP contribution is 2.35. The van der Waals surface area contributed by atoms with Crippen molar-refractivity contribution in [2.24, 2.45) is 0 Å². The molecule has 1 aliphatic rings. The lowest BCUT2D eigenvalue weighted by atomic mass is 10.1. The van der Waals surface area contributed by atoms with Crippen molar-refractivity contribution in [2.45, 2.75) is 12.5 Å². The molecule has 0 aliphatic carbocycles. The number of benzene rings is 2. The van der Waals surface area contributed by atoms with Gasteiger partial charge < -0.3 is 24.3 Å². The van der Waals surface area contributed by atoms with Crippen molar-refractivity contribution < 1.29 is 28.5 Å². The first kappa shape index (κ1) is 18.8. The van der Waals surface area contributed by atoms with Gasteiger partial charge in [0.25, 0.3) is 5.91 Å². The number of carbonyl (C=O) groups excluding carboxylic acids is 2. The van der Waals surface area contributed by atoms with Crippen LogP contribution in [0, 0.1) is 0 Å². The standard InChI is InChI=1S/C19H18ClNO6/c1-24-15-8-12(19(23)26-3)13(9-16(15)25-2)21-18(22)17-7-10-6-11(20)4-5-14(10)27-17/h4-6,8-9,17H,7H2,1-3H3,(H,21,22)/t17-/m1/s1. The van der Waals surface area contributed by atoms with Crippen LogP contribution in [0.25, 0.3) is 0 Å². The Bertz CT molecular complexity index is 898. The fraction of sp³-hybridized carbons (Fsp3) is 0.263. The molecular formula is C19H18ClNO6. The maximum Gasteiger partial charge on any atom is 0.340 e. The zero-order valence-electron chi connectivity index (χ0n) is 15.0. The van der Waals surface area contributed by atoms with Gasteiger partial charge in [-0.15, -0.1) is 0 Å². The average molecular weight is 392 g/mol. The van der Waals surface area contributed by atoms with Crippen LogP contribution in [-0.4, -0.2) is 39.3 Å². The van der Waals surface area contributed by atoms with Crippen molar-refractivity contribution in [3.8, 4) is 17.2 Å². The van der Waals surface area contributed by atoms with Crippen molar-refractivity contribution >= 4 is 29.2 Å². The second kappa shape index (κ2) is 7.75. The van der Waals surface area contributed by atoms with Gasteiger partial charge in [0, 0.05) is 23.6 Å². The minimum Gasteiger partial charge on any atom is -0.493 e. The number of amides is 1. The fourth-order valence-electron chi connectivity index (χ4n) is 2.84. The van der Waals surface area contributed by atoms with Crippen LogP contribution in [0.15, 0.2) is 30.3 Å². The van der Waals surface area contributed by atoms with E-state index in [2.05, 4.69) is 5.32 Å². The van der Waals surface area contributed by atoms with E-state index in [0.717, 1.165) is 5.56 Å². The summed E-state index contributed by atoms with van der Waals surface area (Å²) in [6.07, 6.45) is -0.361. The summed E-state index contributed by atoms with van der Waals surface area (Å²) >= 11 is 5.98. The Morgan fingerprint density at radius 2 is 1.81 bits per heavy atom. The molecule has 7 nitrogen and oxygen atoms in total. The van der Waals surface area contributed by atoms with E-state index < -0.39 is 18.0 Å². The molecule has 1 heterocycles. The molecule has 0 spiro atoms. The third kappa shape index (κ3) is 3.78. The Morgan fingerprint density at radius 3 is 2.48 bits per heavy atom. The summed E-state index contributed by atoms with van der Waals surface area (Å²) in [4.78, 5) is 24.8. The van der Waals surface area contributed by atoms with Gasteiger partial charge in [-0.05, 0) is 23.8 Å². The maximum atomic E-state index is 12.7. The molecule has 0 aromatic heterocycles. The summed E-state index contributed by atoms with van der Waals surface area (Å²) < 4.78 is 20.9. The molecule has 142 valence electrons. The number of fused-ring (bicyclic) bond motifs is 1.